The fraction of sp³-hybridized carbons (Fsp3) is 0.273. The van der Waals surface area contributed by atoms with Crippen LogP contribution in [0.4, 0.5) is 0 Å². The first kappa shape index (κ1) is 15.6. The molecule has 0 aliphatic carbocycles. The third-order valence-electron chi connectivity index (χ3n) is 2.07. The fourth-order valence-corrected chi connectivity index (χ4v) is 1.68. The van der Waals surface area contributed by atoms with E-state index < -0.39 is 18.5 Å². The summed E-state index contributed by atoms with van der Waals surface area (Å²) in [4.78, 5) is 27.3. The van der Waals surface area contributed by atoms with Crippen molar-refractivity contribution in [1.82, 2.24) is 5.48 Å². The Bertz CT molecular complexity index is 492. The van der Waals surface area contributed by atoms with Crippen molar-refractivity contribution >= 4 is 35.1 Å². The minimum atomic E-state index is -0.687. The Morgan fingerprint density at radius 2 is 1.84 bits per heavy atom. The molecule has 1 amide bonds. The van der Waals surface area contributed by atoms with Crippen LogP contribution in [0.2, 0.25) is 10.0 Å². The van der Waals surface area contributed by atoms with Crippen molar-refractivity contribution in [2.75, 3.05) is 20.8 Å². The van der Waals surface area contributed by atoms with Gasteiger partial charge in [0.2, 0.25) is 0 Å². The monoisotopic (exact) mass is 307 g/mol. The lowest BCUT2D eigenvalue weighted by molar-refractivity contribution is -0.147. The number of carbonyl (C=O) groups excluding carboxylic acids is 2. The summed E-state index contributed by atoms with van der Waals surface area (Å²) in [6.07, 6.45) is 0. The van der Waals surface area contributed by atoms with E-state index in [1.54, 1.807) is 0 Å². The molecule has 0 atom stereocenters. The summed E-state index contributed by atoms with van der Waals surface area (Å²) in [5.74, 6) is -1.20. The minimum absolute atomic E-state index is 0.0153. The van der Waals surface area contributed by atoms with Gasteiger partial charge in [-0.1, -0.05) is 23.2 Å². The zero-order valence-corrected chi connectivity index (χ0v) is 11.7. The Balaban J connectivity index is 2.82. The molecule has 1 aromatic rings. The molecule has 0 unspecified atom stereocenters. The maximum atomic E-state index is 11.9. The van der Waals surface area contributed by atoms with Crippen molar-refractivity contribution in [2.24, 2.45) is 0 Å². The average Bonchev–Trinajstić information content (AvgIpc) is 2.40. The predicted molar refractivity (Wildman–Crippen MR) is 68.4 cm³/mol. The molecule has 6 nitrogen and oxygen atoms in total. The summed E-state index contributed by atoms with van der Waals surface area (Å²) >= 11 is 11.8. The highest BCUT2D eigenvalue weighted by Crippen LogP contribution is 2.33. The smallest absolute Gasteiger partial charge is 0.334 e. The van der Waals surface area contributed by atoms with Gasteiger partial charge >= 0.3 is 5.97 Å². The van der Waals surface area contributed by atoms with Gasteiger partial charge in [0, 0.05) is 0 Å². The summed E-state index contributed by atoms with van der Waals surface area (Å²) in [5.41, 5.74) is 2.06. The first-order valence-electron chi connectivity index (χ1n) is 5.02. The predicted octanol–water partition coefficient (Wildman–Crippen LogP) is 1.84. The molecule has 0 fully saturated rings. The molecule has 0 heterocycles. The number of hydrogen-bond acceptors (Lipinski definition) is 5. The van der Waals surface area contributed by atoms with Gasteiger partial charge in [-0.05, 0) is 12.1 Å². The summed E-state index contributed by atoms with van der Waals surface area (Å²) in [7, 11) is 2.55. The Morgan fingerprint density at radius 1 is 1.21 bits per heavy atom. The topological polar surface area (TPSA) is 73.9 Å². The second-order valence-electron chi connectivity index (χ2n) is 3.23. The number of esters is 1. The molecule has 104 valence electrons. The Hall–Kier alpha value is -1.50. The Labute approximate surface area is 119 Å². The molecule has 0 saturated heterocycles. The molecule has 0 radical (unpaired) electrons. The highest BCUT2D eigenvalue weighted by atomic mass is 35.5. The van der Waals surface area contributed by atoms with E-state index in [1.165, 1.54) is 26.4 Å². The standard InChI is InChI=1S/C11H11Cl2NO5/c1-17-8(15)5-19-14-11(16)9-6(12)3-4-7(13)10(9)18-2/h3-4H,5H2,1-2H3,(H,14,16). The van der Waals surface area contributed by atoms with Crippen LogP contribution in [0, 0.1) is 0 Å². The highest BCUT2D eigenvalue weighted by molar-refractivity contribution is 6.37. The number of methoxy groups -OCH3 is 2. The lowest BCUT2D eigenvalue weighted by Gasteiger charge is -2.11. The SMILES string of the molecule is COC(=O)CONC(=O)c1c(Cl)ccc(Cl)c1OC. The molecule has 0 bridgehead atoms. The van der Waals surface area contributed by atoms with Crippen LogP contribution in [0.25, 0.3) is 0 Å². The molecular formula is C11H11Cl2NO5. The lowest BCUT2D eigenvalue weighted by atomic mass is 10.2. The normalized spacial score (nSPS) is 9.89. The van der Waals surface area contributed by atoms with E-state index in [0.29, 0.717) is 0 Å². The zero-order chi connectivity index (χ0) is 14.4. The highest BCUT2D eigenvalue weighted by Gasteiger charge is 2.19. The lowest BCUT2D eigenvalue weighted by Crippen LogP contribution is -2.27. The van der Waals surface area contributed by atoms with E-state index in [2.05, 4.69) is 9.57 Å². The van der Waals surface area contributed by atoms with Gasteiger partial charge < -0.3 is 9.47 Å². The van der Waals surface area contributed by atoms with E-state index in [0.717, 1.165) is 0 Å². The minimum Gasteiger partial charge on any atom is -0.494 e. The van der Waals surface area contributed by atoms with Crippen LogP contribution in [0.15, 0.2) is 12.1 Å². The van der Waals surface area contributed by atoms with Gasteiger partial charge in [0.25, 0.3) is 5.91 Å². The zero-order valence-electron chi connectivity index (χ0n) is 10.2. The third-order valence-corrected chi connectivity index (χ3v) is 2.69. The van der Waals surface area contributed by atoms with Gasteiger partial charge in [-0.25, -0.2) is 10.3 Å². The van der Waals surface area contributed by atoms with Crippen LogP contribution < -0.4 is 10.2 Å². The number of hydroxylamine groups is 1. The van der Waals surface area contributed by atoms with E-state index in [1.807, 2.05) is 5.48 Å². The van der Waals surface area contributed by atoms with Crippen LogP contribution in [0.3, 0.4) is 0 Å². The maximum absolute atomic E-state index is 11.9. The van der Waals surface area contributed by atoms with Crippen molar-refractivity contribution < 1.29 is 23.9 Å². The summed E-state index contributed by atoms with van der Waals surface area (Å²) in [6.45, 7) is -0.428. The molecule has 0 aliphatic heterocycles. The molecule has 0 spiro atoms. The second-order valence-corrected chi connectivity index (χ2v) is 4.05. The van der Waals surface area contributed by atoms with Crippen molar-refractivity contribution in [2.45, 2.75) is 0 Å². The van der Waals surface area contributed by atoms with Crippen LogP contribution in [-0.2, 0) is 14.4 Å². The average molecular weight is 308 g/mol. The number of carbonyl (C=O) groups is 2. The first-order valence-corrected chi connectivity index (χ1v) is 5.77. The van der Waals surface area contributed by atoms with Crippen LogP contribution >= 0.6 is 23.2 Å². The van der Waals surface area contributed by atoms with Crippen molar-refractivity contribution in [3.05, 3.63) is 27.7 Å². The third kappa shape index (κ3) is 3.99. The van der Waals surface area contributed by atoms with Gasteiger partial charge in [0.05, 0.1) is 24.3 Å². The van der Waals surface area contributed by atoms with Gasteiger partial charge in [-0.2, -0.15) is 0 Å². The summed E-state index contributed by atoms with van der Waals surface area (Å²) in [6, 6.07) is 2.94. The maximum Gasteiger partial charge on any atom is 0.334 e. The van der Waals surface area contributed by atoms with Crippen molar-refractivity contribution in [3.8, 4) is 5.75 Å². The molecule has 0 aliphatic rings. The van der Waals surface area contributed by atoms with Gasteiger partial charge in [0.1, 0.15) is 5.56 Å². The molecule has 1 N–H and O–H groups in total. The van der Waals surface area contributed by atoms with Gasteiger partial charge in [-0.15, -0.1) is 0 Å². The summed E-state index contributed by atoms with van der Waals surface area (Å²) in [5, 5.41) is 0.366. The van der Waals surface area contributed by atoms with E-state index in [4.69, 9.17) is 27.9 Å². The van der Waals surface area contributed by atoms with E-state index in [-0.39, 0.29) is 21.4 Å². The Morgan fingerprint density at radius 3 is 2.42 bits per heavy atom. The Kier molecular flexibility index (Phi) is 5.88. The molecule has 1 rings (SSSR count). The van der Waals surface area contributed by atoms with Crippen molar-refractivity contribution in [1.29, 1.82) is 0 Å². The number of amides is 1. The molecule has 8 heteroatoms. The first-order chi connectivity index (χ1) is 9.01. The number of ether oxygens (including phenoxy) is 2. The van der Waals surface area contributed by atoms with E-state index in [9.17, 15) is 9.59 Å². The number of hydrogen-bond donors (Lipinski definition) is 1. The number of rotatable bonds is 5. The molecule has 1 aromatic carbocycles. The van der Waals surface area contributed by atoms with Crippen LogP contribution in [-0.4, -0.2) is 32.7 Å². The van der Waals surface area contributed by atoms with Crippen molar-refractivity contribution in [3.63, 3.8) is 0 Å². The number of halogens is 2. The quantitative estimate of drug-likeness (QED) is 0.663. The molecule has 0 saturated carbocycles. The number of nitrogens with one attached hydrogen (secondary N) is 1. The van der Waals surface area contributed by atoms with Gasteiger partial charge in [0.15, 0.2) is 12.4 Å². The fourth-order valence-electron chi connectivity index (χ4n) is 1.21. The second kappa shape index (κ2) is 7.18. The molecular weight excluding hydrogens is 297 g/mol. The molecule has 19 heavy (non-hydrogen) atoms. The van der Waals surface area contributed by atoms with Gasteiger partial charge in [-0.3, -0.25) is 9.63 Å². The van der Waals surface area contributed by atoms with E-state index >= 15 is 0 Å². The van der Waals surface area contributed by atoms with Crippen LogP contribution in [0.1, 0.15) is 10.4 Å². The molecule has 0 aromatic heterocycles. The number of benzene rings is 1. The van der Waals surface area contributed by atoms with Crippen LogP contribution in [0.5, 0.6) is 5.75 Å². The summed E-state index contributed by atoms with van der Waals surface area (Å²) < 4.78 is 9.34. The largest absolute Gasteiger partial charge is 0.494 e.